The zero-order chi connectivity index (χ0) is 11.0. The predicted octanol–water partition coefficient (Wildman–Crippen LogP) is 2.99. The van der Waals surface area contributed by atoms with Crippen LogP contribution in [0.1, 0.15) is 53.4 Å². The molecule has 1 N–H and O–H groups in total. The Morgan fingerprint density at radius 1 is 1.14 bits per heavy atom. The summed E-state index contributed by atoms with van der Waals surface area (Å²) in [4.78, 5) is 0. The first kappa shape index (κ1) is 13.9. The van der Waals surface area contributed by atoms with E-state index in [9.17, 15) is 5.11 Å². The fraction of sp³-hybridized carbons (Fsp3) is 1.00. The molecule has 0 amide bonds. The number of ether oxygens (including phenoxy) is 1. The van der Waals surface area contributed by atoms with E-state index in [0.717, 1.165) is 19.4 Å². The molecule has 2 unspecified atom stereocenters. The monoisotopic (exact) mass is 202 g/mol. The van der Waals surface area contributed by atoms with E-state index in [1.165, 1.54) is 12.8 Å². The molecule has 0 saturated carbocycles. The molecule has 86 valence electrons. The molecule has 2 nitrogen and oxygen atoms in total. The fourth-order valence-electron chi connectivity index (χ4n) is 1.46. The van der Waals surface area contributed by atoms with Gasteiger partial charge in [-0.15, -0.1) is 0 Å². The van der Waals surface area contributed by atoms with Crippen LogP contribution >= 0.6 is 0 Å². The molecule has 0 aromatic rings. The van der Waals surface area contributed by atoms with Crippen LogP contribution in [-0.4, -0.2) is 23.9 Å². The van der Waals surface area contributed by atoms with Crippen molar-refractivity contribution in [3.05, 3.63) is 0 Å². The van der Waals surface area contributed by atoms with Gasteiger partial charge in [-0.3, -0.25) is 0 Å². The molecular formula is C12H26O2. The van der Waals surface area contributed by atoms with Crippen molar-refractivity contribution in [2.45, 2.75) is 65.6 Å². The van der Waals surface area contributed by atoms with Crippen molar-refractivity contribution in [2.24, 2.45) is 5.92 Å². The summed E-state index contributed by atoms with van der Waals surface area (Å²) in [6.07, 6.45) is 4.16. The van der Waals surface area contributed by atoms with Gasteiger partial charge < -0.3 is 9.84 Å². The van der Waals surface area contributed by atoms with Gasteiger partial charge in [-0.1, -0.05) is 33.6 Å². The Kier molecular flexibility index (Phi) is 8.20. The summed E-state index contributed by atoms with van der Waals surface area (Å²) in [6.45, 7) is 9.10. The van der Waals surface area contributed by atoms with E-state index >= 15 is 0 Å². The molecule has 2 atom stereocenters. The van der Waals surface area contributed by atoms with Crippen molar-refractivity contribution in [3.8, 4) is 0 Å². The van der Waals surface area contributed by atoms with Gasteiger partial charge in [-0.25, -0.2) is 0 Å². The van der Waals surface area contributed by atoms with Crippen LogP contribution in [0.3, 0.4) is 0 Å². The van der Waals surface area contributed by atoms with Crippen molar-refractivity contribution in [3.63, 3.8) is 0 Å². The van der Waals surface area contributed by atoms with E-state index in [0.29, 0.717) is 5.92 Å². The minimum atomic E-state index is -0.348. The summed E-state index contributed by atoms with van der Waals surface area (Å²) in [5.41, 5.74) is 0. The molecular weight excluding hydrogens is 176 g/mol. The topological polar surface area (TPSA) is 29.5 Å². The van der Waals surface area contributed by atoms with Crippen LogP contribution in [0, 0.1) is 5.92 Å². The first-order chi connectivity index (χ1) is 6.57. The molecule has 0 rings (SSSR count). The van der Waals surface area contributed by atoms with Crippen LogP contribution in [-0.2, 0) is 4.74 Å². The van der Waals surface area contributed by atoms with E-state index in [2.05, 4.69) is 20.8 Å². The lowest BCUT2D eigenvalue weighted by Gasteiger charge is -2.22. The normalized spacial score (nSPS) is 15.9. The summed E-state index contributed by atoms with van der Waals surface area (Å²) >= 11 is 0. The maximum absolute atomic E-state index is 9.49. The van der Waals surface area contributed by atoms with Crippen molar-refractivity contribution in [1.82, 2.24) is 0 Å². The van der Waals surface area contributed by atoms with Crippen LogP contribution in [0.5, 0.6) is 0 Å². The highest BCUT2D eigenvalue weighted by atomic mass is 16.5. The average Bonchev–Trinajstić information content (AvgIpc) is 2.09. The van der Waals surface area contributed by atoms with Crippen molar-refractivity contribution in [2.75, 3.05) is 6.61 Å². The zero-order valence-electron chi connectivity index (χ0n) is 10.1. The Labute approximate surface area is 88.7 Å². The molecule has 0 bridgehead atoms. The number of aliphatic hydroxyl groups is 1. The third kappa shape index (κ3) is 7.34. The van der Waals surface area contributed by atoms with Gasteiger partial charge in [0.05, 0.1) is 12.2 Å². The zero-order valence-corrected chi connectivity index (χ0v) is 10.1. The molecule has 0 saturated heterocycles. The van der Waals surface area contributed by atoms with E-state index in [1.807, 2.05) is 6.92 Å². The van der Waals surface area contributed by atoms with Gasteiger partial charge in [0.2, 0.25) is 0 Å². The van der Waals surface area contributed by atoms with Gasteiger partial charge in [-0.05, 0) is 25.7 Å². The SMILES string of the molecule is CCCCCOC(CC(C)C)C(C)O. The maximum Gasteiger partial charge on any atom is 0.0833 e. The molecule has 0 aromatic heterocycles. The largest absolute Gasteiger partial charge is 0.391 e. The molecule has 0 radical (unpaired) electrons. The maximum atomic E-state index is 9.49. The number of aliphatic hydroxyl groups excluding tert-OH is 1. The number of unbranched alkanes of at least 4 members (excludes halogenated alkanes) is 2. The third-order valence-corrected chi connectivity index (χ3v) is 2.32. The molecule has 14 heavy (non-hydrogen) atoms. The summed E-state index contributed by atoms with van der Waals surface area (Å²) in [5, 5.41) is 9.49. The molecule has 2 heteroatoms. The lowest BCUT2D eigenvalue weighted by Crippen LogP contribution is -2.28. The van der Waals surface area contributed by atoms with E-state index in [-0.39, 0.29) is 12.2 Å². The Morgan fingerprint density at radius 2 is 1.79 bits per heavy atom. The Balaban J connectivity index is 3.63. The lowest BCUT2D eigenvalue weighted by atomic mass is 10.0. The van der Waals surface area contributed by atoms with Gasteiger partial charge in [0.15, 0.2) is 0 Å². The third-order valence-electron chi connectivity index (χ3n) is 2.32. The second-order valence-corrected chi connectivity index (χ2v) is 4.49. The number of hydrogen-bond donors (Lipinski definition) is 1. The van der Waals surface area contributed by atoms with Gasteiger partial charge in [-0.2, -0.15) is 0 Å². The Morgan fingerprint density at radius 3 is 2.21 bits per heavy atom. The van der Waals surface area contributed by atoms with E-state index < -0.39 is 0 Å². The molecule has 0 aliphatic heterocycles. The molecule has 0 aromatic carbocycles. The number of hydrogen-bond acceptors (Lipinski definition) is 2. The van der Waals surface area contributed by atoms with Crippen molar-refractivity contribution >= 4 is 0 Å². The first-order valence-corrected chi connectivity index (χ1v) is 5.87. The minimum Gasteiger partial charge on any atom is -0.391 e. The summed E-state index contributed by atoms with van der Waals surface area (Å²) in [5.74, 6) is 0.584. The van der Waals surface area contributed by atoms with E-state index in [4.69, 9.17) is 4.74 Å². The molecule has 0 aliphatic rings. The van der Waals surface area contributed by atoms with Crippen LogP contribution in [0.2, 0.25) is 0 Å². The van der Waals surface area contributed by atoms with Gasteiger partial charge in [0.1, 0.15) is 0 Å². The first-order valence-electron chi connectivity index (χ1n) is 5.87. The van der Waals surface area contributed by atoms with Crippen LogP contribution < -0.4 is 0 Å². The Hall–Kier alpha value is -0.0800. The predicted molar refractivity (Wildman–Crippen MR) is 60.4 cm³/mol. The van der Waals surface area contributed by atoms with Gasteiger partial charge >= 0.3 is 0 Å². The molecule has 0 aliphatic carbocycles. The van der Waals surface area contributed by atoms with Gasteiger partial charge in [0.25, 0.3) is 0 Å². The lowest BCUT2D eigenvalue weighted by molar-refractivity contribution is -0.0404. The second kappa shape index (κ2) is 8.25. The Bertz CT molecular complexity index is 121. The van der Waals surface area contributed by atoms with Gasteiger partial charge in [0, 0.05) is 6.61 Å². The summed E-state index contributed by atoms with van der Waals surface area (Å²) in [6, 6.07) is 0. The highest BCUT2D eigenvalue weighted by molar-refractivity contribution is 4.66. The standard InChI is InChI=1S/C12H26O2/c1-5-6-7-8-14-12(11(4)13)9-10(2)3/h10-13H,5-9H2,1-4H3. The highest BCUT2D eigenvalue weighted by Crippen LogP contribution is 2.12. The van der Waals surface area contributed by atoms with Crippen LogP contribution in [0.25, 0.3) is 0 Å². The van der Waals surface area contributed by atoms with Crippen molar-refractivity contribution in [1.29, 1.82) is 0 Å². The quantitative estimate of drug-likeness (QED) is 0.613. The molecule has 0 spiro atoms. The molecule has 0 heterocycles. The van der Waals surface area contributed by atoms with E-state index in [1.54, 1.807) is 0 Å². The van der Waals surface area contributed by atoms with Crippen LogP contribution in [0.15, 0.2) is 0 Å². The number of rotatable bonds is 8. The highest BCUT2D eigenvalue weighted by Gasteiger charge is 2.16. The fourth-order valence-corrected chi connectivity index (χ4v) is 1.46. The summed E-state index contributed by atoms with van der Waals surface area (Å²) in [7, 11) is 0. The smallest absolute Gasteiger partial charge is 0.0833 e. The minimum absolute atomic E-state index is 0.0202. The second-order valence-electron chi connectivity index (χ2n) is 4.49. The average molecular weight is 202 g/mol. The molecule has 0 fully saturated rings. The van der Waals surface area contributed by atoms with Crippen LogP contribution in [0.4, 0.5) is 0 Å². The van der Waals surface area contributed by atoms with Crippen molar-refractivity contribution < 1.29 is 9.84 Å². The summed E-state index contributed by atoms with van der Waals surface area (Å²) < 4.78 is 5.67.